The first-order chi connectivity index (χ1) is 14.0. The summed E-state index contributed by atoms with van der Waals surface area (Å²) in [6.45, 7) is 2.89. The van der Waals surface area contributed by atoms with Crippen molar-refractivity contribution in [2.45, 2.75) is 25.8 Å². The largest absolute Gasteiger partial charge is 0.336 e. The van der Waals surface area contributed by atoms with E-state index in [0.29, 0.717) is 5.56 Å². The number of piperazine rings is 1. The van der Waals surface area contributed by atoms with E-state index in [4.69, 9.17) is 0 Å². The van der Waals surface area contributed by atoms with E-state index in [2.05, 4.69) is 5.32 Å². The van der Waals surface area contributed by atoms with E-state index in [1.54, 1.807) is 0 Å². The SMILES string of the molecule is CC(=C1C(=O)NC(C)(Cc2ccc(F)cc2)C(=O)N1C)c1c(F)cccc1[N+](=O)[O-]. The minimum atomic E-state index is -1.32. The van der Waals surface area contributed by atoms with E-state index in [9.17, 15) is 28.5 Å². The molecular formula is C21H19F2N3O4. The molecule has 2 aromatic carbocycles. The van der Waals surface area contributed by atoms with Crippen molar-refractivity contribution in [2.24, 2.45) is 0 Å². The van der Waals surface area contributed by atoms with Crippen molar-refractivity contribution in [3.63, 3.8) is 0 Å². The predicted molar refractivity (Wildman–Crippen MR) is 105 cm³/mol. The normalized spacial score (nSPS) is 20.8. The summed E-state index contributed by atoms with van der Waals surface area (Å²) in [6.07, 6.45) is 0.106. The maximum Gasteiger partial charge on any atom is 0.279 e. The van der Waals surface area contributed by atoms with Crippen molar-refractivity contribution >= 4 is 23.1 Å². The highest BCUT2D eigenvalue weighted by Crippen LogP contribution is 2.34. The molecule has 2 amide bonds. The molecule has 1 N–H and O–H groups in total. The second-order valence-electron chi connectivity index (χ2n) is 7.32. The average molecular weight is 415 g/mol. The van der Waals surface area contributed by atoms with Gasteiger partial charge in [0.1, 0.15) is 22.9 Å². The van der Waals surface area contributed by atoms with Gasteiger partial charge < -0.3 is 10.2 Å². The summed E-state index contributed by atoms with van der Waals surface area (Å²) in [7, 11) is 1.36. The summed E-state index contributed by atoms with van der Waals surface area (Å²) in [5, 5.41) is 14.0. The molecule has 0 radical (unpaired) electrons. The van der Waals surface area contributed by atoms with Gasteiger partial charge in [0.05, 0.1) is 10.5 Å². The number of likely N-dealkylation sites (N-methyl/N-ethyl adjacent to an activating group) is 1. The molecule has 1 heterocycles. The molecule has 30 heavy (non-hydrogen) atoms. The van der Waals surface area contributed by atoms with Gasteiger partial charge >= 0.3 is 0 Å². The second kappa shape index (κ2) is 7.66. The van der Waals surface area contributed by atoms with Gasteiger partial charge in [0.15, 0.2) is 0 Å². The smallest absolute Gasteiger partial charge is 0.279 e. The molecule has 7 nitrogen and oxygen atoms in total. The Morgan fingerprint density at radius 2 is 1.80 bits per heavy atom. The highest BCUT2D eigenvalue weighted by Gasteiger charge is 2.45. The zero-order valence-electron chi connectivity index (χ0n) is 16.5. The molecule has 1 unspecified atom stereocenters. The van der Waals surface area contributed by atoms with Crippen LogP contribution in [0.3, 0.4) is 0 Å². The lowest BCUT2D eigenvalue weighted by atomic mass is 9.88. The summed E-state index contributed by atoms with van der Waals surface area (Å²) in [5.74, 6) is -2.45. The number of amides is 2. The van der Waals surface area contributed by atoms with Crippen LogP contribution in [-0.4, -0.2) is 34.2 Å². The minimum absolute atomic E-state index is 0.0306. The first kappa shape index (κ1) is 21.1. The van der Waals surface area contributed by atoms with Crippen LogP contribution in [0.15, 0.2) is 48.2 Å². The minimum Gasteiger partial charge on any atom is -0.336 e. The first-order valence-corrected chi connectivity index (χ1v) is 9.04. The standard InChI is InChI=1S/C21H19F2N3O4/c1-12(17-15(23)5-4-6-16(17)26(29)30)18-19(27)24-21(2,20(28)25(18)3)11-13-7-9-14(22)10-8-13/h4-10H,11H2,1-3H3,(H,24,27). The van der Waals surface area contributed by atoms with Gasteiger partial charge in [-0.1, -0.05) is 18.2 Å². The fraction of sp³-hybridized carbons (Fsp3) is 0.238. The number of carbonyl (C=O) groups excluding carboxylic acids is 2. The van der Waals surface area contributed by atoms with Crippen LogP contribution >= 0.6 is 0 Å². The average Bonchev–Trinajstić information content (AvgIpc) is 2.67. The molecule has 1 saturated heterocycles. The van der Waals surface area contributed by atoms with Crippen LogP contribution < -0.4 is 5.32 Å². The Kier molecular flexibility index (Phi) is 5.39. The van der Waals surface area contributed by atoms with Gasteiger partial charge in [-0.15, -0.1) is 0 Å². The molecule has 9 heteroatoms. The number of halogens is 2. The van der Waals surface area contributed by atoms with Crippen molar-refractivity contribution in [2.75, 3.05) is 7.05 Å². The second-order valence-corrected chi connectivity index (χ2v) is 7.32. The van der Waals surface area contributed by atoms with E-state index in [-0.39, 0.29) is 23.3 Å². The van der Waals surface area contributed by atoms with Crippen molar-refractivity contribution < 1.29 is 23.3 Å². The van der Waals surface area contributed by atoms with E-state index in [0.717, 1.165) is 17.0 Å². The number of nitrogens with zero attached hydrogens (tertiary/aromatic N) is 2. The quantitative estimate of drug-likeness (QED) is 0.472. The third-order valence-electron chi connectivity index (χ3n) is 5.11. The zero-order chi connectivity index (χ0) is 22.2. The fourth-order valence-electron chi connectivity index (χ4n) is 3.69. The van der Waals surface area contributed by atoms with Crippen molar-refractivity contribution in [1.82, 2.24) is 10.2 Å². The van der Waals surface area contributed by atoms with Crippen LogP contribution in [0, 0.1) is 21.7 Å². The fourth-order valence-corrected chi connectivity index (χ4v) is 3.69. The van der Waals surface area contributed by atoms with Gasteiger partial charge in [-0.05, 0) is 43.2 Å². The van der Waals surface area contributed by atoms with Gasteiger partial charge in [0.2, 0.25) is 0 Å². The first-order valence-electron chi connectivity index (χ1n) is 9.04. The van der Waals surface area contributed by atoms with Gasteiger partial charge in [0.25, 0.3) is 17.5 Å². The molecule has 1 aliphatic heterocycles. The van der Waals surface area contributed by atoms with Gasteiger partial charge in [-0.25, -0.2) is 8.78 Å². The van der Waals surface area contributed by atoms with Crippen molar-refractivity contribution in [3.8, 4) is 0 Å². The third-order valence-corrected chi connectivity index (χ3v) is 5.11. The third kappa shape index (κ3) is 3.66. The van der Waals surface area contributed by atoms with E-state index < -0.39 is 39.6 Å². The molecular weight excluding hydrogens is 396 g/mol. The highest BCUT2D eigenvalue weighted by molar-refractivity contribution is 6.10. The topological polar surface area (TPSA) is 92.6 Å². The summed E-state index contributed by atoms with van der Waals surface area (Å²) in [6, 6.07) is 8.91. The summed E-state index contributed by atoms with van der Waals surface area (Å²) in [4.78, 5) is 37.6. The summed E-state index contributed by atoms with van der Waals surface area (Å²) >= 11 is 0. The summed E-state index contributed by atoms with van der Waals surface area (Å²) in [5.41, 5.74) is -1.76. The number of hydrogen-bond donors (Lipinski definition) is 1. The highest BCUT2D eigenvalue weighted by atomic mass is 19.1. The molecule has 0 aromatic heterocycles. The van der Waals surface area contributed by atoms with Gasteiger partial charge in [-0.3, -0.25) is 19.7 Å². The Labute approximate surface area is 171 Å². The Morgan fingerprint density at radius 3 is 2.40 bits per heavy atom. The number of nitro groups is 1. The van der Waals surface area contributed by atoms with Gasteiger partial charge in [-0.2, -0.15) is 0 Å². The van der Waals surface area contributed by atoms with Crippen LogP contribution in [0.5, 0.6) is 0 Å². The Hall–Kier alpha value is -3.62. The lowest BCUT2D eigenvalue weighted by molar-refractivity contribution is -0.385. The van der Waals surface area contributed by atoms with Crippen LogP contribution in [0.25, 0.3) is 5.57 Å². The molecule has 0 spiro atoms. The number of benzene rings is 2. The lowest BCUT2D eigenvalue weighted by Crippen LogP contribution is -2.64. The maximum atomic E-state index is 14.4. The number of carbonyl (C=O) groups is 2. The molecule has 2 aromatic rings. The van der Waals surface area contributed by atoms with Crippen molar-refractivity contribution in [3.05, 3.63) is 81.0 Å². The van der Waals surface area contributed by atoms with Crippen molar-refractivity contribution in [1.29, 1.82) is 0 Å². The molecule has 0 aliphatic carbocycles. The Balaban J connectivity index is 2.03. The van der Waals surface area contributed by atoms with Crippen LogP contribution in [0.4, 0.5) is 14.5 Å². The van der Waals surface area contributed by atoms with Crippen LogP contribution in [0.2, 0.25) is 0 Å². The van der Waals surface area contributed by atoms with E-state index in [1.807, 2.05) is 0 Å². The number of hydrogen-bond acceptors (Lipinski definition) is 4. The van der Waals surface area contributed by atoms with Crippen LogP contribution in [-0.2, 0) is 16.0 Å². The zero-order valence-corrected chi connectivity index (χ0v) is 16.5. The Bertz CT molecular complexity index is 1080. The molecule has 1 aliphatic rings. The number of nitro benzene ring substituents is 1. The number of nitrogens with one attached hydrogen (secondary N) is 1. The monoisotopic (exact) mass is 415 g/mol. The summed E-state index contributed by atoms with van der Waals surface area (Å²) < 4.78 is 27.6. The Morgan fingerprint density at radius 1 is 1.17 bits per heavy atom. The number of allylic oxidation sites excluding steroid dienone is 1. The molecule has 1 fully saturated rings. The molecule has 1 atom stereocenters. The maximum absolute atomic E-state index is 14.4. The molecule has 156 valence electrons. The lowest BCUT2D eigenvalue weighted by Gasteiger charge is -2.40. The van der Waals surface area contributed by atoms with Gasteiger partial charge in [0, 0.05) is 19.5 Å². The van der Waals surface area contributed by atoms with E-state index in [1.165, 1.54) is 51.2 Å². The van der Waals surface area contributed by atoms with Crippen LogP contribution in [0.1, 0.15) is 25.0 Å². The number of rotatable bonds is 4. The molecule has 0 bridgehead atoms. The molecule has 0 saturated carbocycles. The predicted octanol–water partition coefficient (Wildman–Crippen LogP) is 3.19. The van der Waals surface area contributed by atoms with E-state index >= 15 is 0 Å². The molecule has 3 rings (SSSR count).